The van der Waals surface area contributed by atoms with Gasteiger partial charge in [-0.15, -0.1) is 0 Å². The number of alkyl halides is 3. The molecule has 1 aliphatic heterocycles. The summed E-state index contributed by atoms with van der Waals surface area (Å²) in [5, 5.41) is 10.4. The molecule has 38 heavy (non-hydrogen) atoms. The minimum absolute atomic E-state index is 0.0511. The molecule has 0 radical (unpaired) electrons. The SMILES string of the molecule is CN1CCN(Cc2ccc(NC(=O)Nc3cc(-c4ccc5ncccc5c4)n(C)n3)cc2C(F)(F)F)CC1. The van der Waals surface area contributed by atoms with Gasteiger partial charge in [0.2, 0.25) is 0 Å². The smallest absolute Gasteiger partial charge is 0.308 e. The molecule has 3 heterocycles. The number of halogens is 3. The normalized spacial score (nSPS) is 15.1. The van der Waals surface area contributed by atoms with Crippen LogP contribution in [0.25, 0.3) is 22.2 Å². The predicted octanol–water partition coefficient (Wildman–Crippen LogP) is 5.05. The van der Waals surface area contributed by atoms with Crippen molar-refractivity contribution < 1.29 is 18.0 Å². The number of hydrogen-bond donors (Lipinski definition) is 2. The number of pyridine rings is 1. The van der Waals surface area contributed by atoms with Crippen LogP contribution in [0.15, 0.2) is 60.8 Å². The minimum atomic E-state index is -4.54. The highest BCUT2D eigenvalue weighted by molar-refractivity contribution is 5.99. The Morgan fingerprint density at radius 1 is 0.974 bits per heavy atom. The molecule has 0 bridgehead atoms. The summed E-state index contributed by atoms with van der Waals surface area (Å²) in [5.74, 6) is 0.272. The van der Waals surface area contributed by atoms with Crippen LogP contribution < -0.4 is 10.6 Å². The first kappa shape index (κ1) is 25.7. The molecule has 2 amide bonds. The number of benzene rings is 2. The van der Waals surface area contributed by atoms with Crippen LogP contribution in [0.3, 0.4) is 0 Å². The number of fused-ring (bicyclic) bond motifs is 1. The first-order valence-electron chi connectivity index (χ1n) is 12.2. The molecule has 4 aromatic rings. The average Bonchev–Trinajstić information content (AvgIpc) is 3.24. The number of anilines is 2. The van der Waals surface area contributed by atoms with Crippen LogP contribution in [0.2, 0.25) is 0 Å². The molecular formula is C27H28F3N7O. The lowest BCUT2D eigenvalue weighted by Gasteiger charge is -2.33. The number of aryl methyl sites for hydroxylation is 1. The summed E-state index contributed by atoms with van der Waals surface area (Å²) < 4.78 is 43.2. The lowest BCUT2D eigenvalue weighted by atomic mass is 10.0. The van der Waals surface area contributed by atoms with Crippen molar-refractivity contribution in [2.45, 2.75) is 12.7 Å². The summed E-state index contributed by atoms with van der Waals surface area (Å²) in [6.07, 6.45) is -2.81. The molecule has 11 heteroatoms. The zero-order valence-corrected chi connectivity index (χ0v) is 21.1. The number of likely N-dealkylation sites (N-methyl/N-ethyl adjacent to an activating group) is 1. The third-order valence-electron chi connectivity index (χ3n) is 6.68. The van der Waals surface area contributed by atoms with Gasteiger partial charge in [0.15, 0.2) is 5.82 Å². The second-order valence-electron chi connectivity index (χ2n) is 9.48. The van der Waals surface area contributed by atoms with Crippen LogP contribution in [0.4, 0.5) is 29.5 Å². The van der Waals surface area contributed by atoms with E-state index in [0.29, 0.717) is 13.1 Å². The molecule has 0 atom stereocenters. The Bertz CT molecular complexity index is 1460. The Balaban J connectivity index is 1.29. The van der Waals surface area contributed by atoms with Crippen molar-refractivity contribution in [3.05, 3.63) is 71.9 Å². The largest absolute Gasteiger partial charge is 0.416 e. The number of nitrogens with zero attached hydrogens (tertiary/aromatic N) is 5. The van der Waals surface area contributed by atoms with E-state index in [1.165, 1.54) is 12.1 Å². The van der Waals surface area contributed by atoms with Gasteiger partial charge in [-0.3, -0.25) is 19.9 Å². The Kier molecular flexibility index (Phi) is 7.04. The maximum Gasteiger partial charge on any atom is 0.416 e. The topological polar surface area (TPSA) is 78.3 Å². The number of piperazine rings is 1. The van der Waals surface area contributed by atoms with E-state index in [1.807, 2.05) is 42.3 Å². The summed E-state index contributed by atoms with van der Waals surface area (Å²) in [6, 6.07) is 14.5. The molecular weight excluding hydrogens is 495 g/mol. The van der Waals surface area contributed by atoms with Gasteiger partial charge in [-0.1, -0.05) is 18.2 Å². The van der Waals surface area contributed by atoms with Crippen molar-refractivity contribution >= 4 is 28.4 Å². The summed E-state index contributed by atoms with van der Waals surface area (Å²) >= 11 is 0. The number of amides is 2. The number of carbonyl (C=O) groups is 1. The van der Waals surface area contributed by atoms with Crippen molar-refractivity contribution in [3.63, 3.8) is 0 Å². The molecule has 0 spiro atoms. The van der Waals surface area contributed by atoms with Gasteiger partial charge in [-0.2, -0.15) is 18.3 Å². The van der Waals surface area contributed by atoms with Gasteiger partial charge in [-0.05, 0) is 42.9 Å². The number of nitrogens with one attached hydrogen (secondary N) is 2. The van der Waals surface area contributed by atoms with Crippen LogP contribution in [0, 0.1) is 0 Å². The highest BCUT2D eigenvalue weighted by atomic mass is 19.4. The fourth-order valence-corrected chi connectivity index (χ4v) is 4.61. The monoisotopic (exact) mass is 523 g/mol. The fraction of sp³-hybridized carbons (Fsp3) is 0.296. The number of carbonyl (C=O) groups excluding carboxylic acids is 1. The zero-order valence-electron chi connectivity index (χ0n) is 21.1. The molecule has 0 aliphatic carbocycles. The second kappa shape index (κ2) is 10.4. The van der Waals surface area contributed by atoms with Gasteiger partial charge in [0.05, 0.1) is 16.8 Å². The number of rotatable bonds is 5. The number of hydrogen-bond acceptors (Lipinski definition) is 5. The molecule has 8 nitrogen and oxygen atoms in total. The third-order valence-corrected chi connectivity index (χ3v) is 6.68. The van der Waals surface area contributed by atoms with E-state index < -0.39 is 17.8 Å². The molecule has 1 fully saturated rings. The Labute approximate surface area is 218 Å². The van der Waals surface area contributed by atoms with Gasteiger partial charge in [0.25, 0.3) is 0 Å². The molecule has 2 N–H and O–H groups in total. The molecule has 1 aliphatic rings. The van der Waals surface area contributed by atoms with Crippen molar-refractivity contribution in [2.75, 3.05) is 43.9 Å². The number of urea groups is 1. The highest BCUT2D eigenvalue weighted by Crippen LogP contribution is 2.35. The molecule has 198 valence electrons. The van der Waals surface area contributed by atoms with E-state index in [4.69, 9.17) is 0 Å². The first-order valence-corrected chi connectivity index (χ1v) is 12.2. The average molecular weight is 524 g/mol. The van der Waals surface area contributed by atoms with Gasteiger partial charge in [0, 0.05) is 68.7 Å². The van der Waals surface area contributed by atoms with E-state index in [9.17, 15) is 18.0 Å². The molecule has 0 saturated carbocycles. The first-order chi connectivity index (χ1) is 18.2. The van der Waals surface area contributed by atoms with Crippen LogP contribution in [0.1, 0.15) is 11.1 Å². The maximum absolute atomic E-state index is 13.9. The molecule has 5 rings (SSSR count). The van der Waals surface area contributed by atoms with Gasteiger partial charge in [-0.25, -0.2) is 4.79 Å². The zero-order chi connectivity index (χ0) is 26.9. The molecule has 1 saturated heterocycles. The Hall–Kier alpha value is -3.96. The fourth-order valence-electron chi connectivity index (χ4n) is 4.61. The van der Waals surface area contributed by atoms with Crippen LogP contribution >= 0.6 is 0 Å². The van der Waals surface area contributed by atoms with Crippen LogP contribution in [-0.2, 0) is 19.8 Å². The van der Waals surface area contributed by atoms with Crippen molar-refractivity contribution in [1.29, 1.82) is 0 Å². The molecule has 2 aromatic carbocycles. The lowest BCUT2D eigenvalue weighted by Crippen LogP contribution is -2.44. The standard InChI is InChI=1S/C27H28F3N7O/c1-35-10-12-37(13-11-35)17-20-5-7-21(15-22(20)27(28,29)30)32-26(38)33-25-16-24(36(2)34-25)19-6-8-23-18(14-19)4-3-9-31-23/h3-9,14-16H,10-13,17H2,1-2H3,(H2,32,33,34,38). The summed E-state index contributed by atoms with van der Waals surface area (Å²) in [7, 11) is 3.75. The van der Waals surface area contributed by atoms with Crippen molar-refractivity contribution in [2.24, 2.45) is 7.05 Å². The van der Waals surface area contributed by atoms with Gasteiger partial charge in [0.1, 0.15) is 0 Å². The van der Waals surface area contributed by atoms with E-state index in [1.54, 1.807) is 24.0 Å². The van der Waals surface area contributed by atoms with Gasteiger partial charge >= 0.3 is 12.2 Å². The molecule has 0 unspecified atom stereocenters. The quantitative estimate of drug-likeness (QED) is 0.383. The Morgan fingerprint density at radius 2 is 1.76 bits per heavy atom. The van der Waals surface area contributed by atoms with Gasteiger partial charge < -0.3 is 10.2 Å². The van der Waals surface area contributed by atoms with E-state index in [2.05, 4.69) is 25.6 Å². The minimum Gasteiger partial charge on any atom is -0.308 e. The lowest BCUT2D eigenvalue weighted by molar-refractivity contribution is -0.138. The van der Waals surface area contributed by atoms with Crippen molar-refractivity contribution in [3.8, 4) is 11.3 Å². The van der Waals surface area contributed by atoms with Crippen LogP contribution in [-0.4, -0.2) is 63.8 Å². The predicted molar refractivity (Wildman–Crippen MR) is 141 cm³/mol. The summed E-state index contributed by atoms with van der Waals surface area (Å²) in [5.41, 5.74) is 2.01. The summed E-state index contributed by atoms with van der Waals surface area (Å²) in [6.45, 7) is 3.25. The van der Waals surface area contributed by atoms with Crippen LogP contribution in [0.5, 0.6) is 0 Å². The molecule has 2 aromatic heterocycles. The Morgan fingerprint density at radius 3 is 2.53 bits per heavy atom. The summed E-state index contributed by atoms with van der Waals surface area (Å²) in [4.78, 5) is 21.1. The third kappa shape index (κ3) is 5.79. The van der Waals surface area contributed by atoms with E-state index in [-0.39, 0.29) is 23.6 Å². The van der Waals surface area contributed by atoms with E-state index in [0.717, 1.165) is 41.3 Å². The maximum atomic E-state index is 13.9. The number of aromatic nitrogens is 3. The second-order valence-corrected chi connectivity index (χ2v) is 9.48. The highest BCUT2D eigenvalue weighted by Gasteiger charge is 2.34. The van der Waals surface area contributed by atoms with E-state index >= 15 is 0 Å². The van der Waals surface area contributed by atoms with Crippen molar-refractivity contribution in [1.82, 2.24) is 24.6 Å².